The van der Waals surface area contributed by atoms with Crippen molar-refractivity contribution < 1.29 is 4.79 Å². The summed E-state index contributed by atoms with van der Waals surface area (Å²) in [5.41, 5.74) is 7.76. The molecule has 17 heavy (non-hydrogen) atoms. The minimum atomic E-state index is -0.275. The molecule has 0 unspecified atom stereocenters. The van der Waals surface area contributed by atoms with Gasteiger partial charge in [-0.05, 0) is 31.4 Å². The molecule has 0 spiro atoms. The second-order valence-corrected chi connectivity index (χ2v) is 4.55. The molecule has 3 N–H and O–H groups in total. The molecule has 88 valence electrons. The summed E-state index contributed by atoms with van der Waals surface area (Å²) >= 11 is 1.29. The van der Waals surface area contributed by atoms with Gasteiger partial charge in [0.1, 0.15) is 4.88 Å². The van der Waals surface area contributed by atoms with E-state index in [2.05, 4.69) is 15.3 Å². The Bertz CT molecular complexity index is 544. The van der Waals surface area contributed by atoms with Gasteiger partial charge in [0.2, 0.25) is 5.95 Å². The molecule has 0 aromatic carbocycles. The normalized spacial score (nSPS) is 10.2. The van der Waals surface area contributed by atoms with Gasteiger partial charge in [-0.15, -0.1) is 11.3 Å². The fraction of sp³-hybridized carbons (Fsp3) is 0.182. The van der Waals surface area contributed by atoms with Crippen molar-refractivity contribution in [2.45, 2.75) is 13.8 Å². The van der Waals surface area contributed by atoms with Crippen LogP contribution in [0.4, 0.5) is 11.6 Å². The third kappa shape index (κ3) is 2.59. The first-order valence-corrected chi connectivity index (χ1v) is 5.91. The second-order valence-electron chi connectivity index (χ2n) is 3.63. The number of amides is 1. The van der Waals surface area contributed by atoms with Crippen LogP contribution in [0.2, 0.25) is 0 Å². The minimum absolute atomic E-state index is 0.275. The largest absolute Gasteiger partial charge is 0.397 e. The van der Waals surface area contributed by atoms with Crippen molar-refractivity contribution in [3.05, 3.63) is 33.8 Å². The predicted molar refractivity (Wildman–Crippen MR) is 68.2 cm³/mol. The molecule has 6 heteroatoms. The Labute approximate surface area is 103 Å². The number of hydrogen-bond donors (Lipinski definition) is 2. The third-order valence-corrected chi connectivity index (χ3v) is 3.04. The van der Waals surface area contributed by atoms with Crippen LogP contribution < -0.4 is 11.1 Å². The molecule has 0 radical (unpaired) electrons. The maximum absolute atomic E-state index is 11.9. The summed E-state index contributed by atoms with van der Waals surface area (Å²) in [7, 11) is 0. The zero-order chi connectivity index (χ0) is 12.4. The first-order valence-electron chi connectivity index (χ1n) is 5.03. The molecule has 0 bridgehead atoms. The van der Waals surface area contributed by atoms with Crippen LogP contribution in [-0.2, 0) is 0 Å². The van der Waals surface area contributed by atoms with Gasteiger partial charge in [-0.25, -0.2) is 9.97 Å². The van der Waals surface area contributed by atoms with Crippen LogP contribution in [0.3, 0.4) is 0 Å². The quantitative estimate of drug-likeness (QED) is 0.851. The van der Waals surface area contributed by atoms with Gasteiger partial charge < -0.3 is 5.73 Å². The average molecular weight is 248 g/mol. The average Bonchev–Trinajstić information content (AvgIpc) is 2.62. The van der Waals surface area contributed by atoms with Crippen molar-refractivity contribution in [3.8, 4) is 0 Å². The van der Waals surface area contributed by atoms with E-state index in [1.165, 1.54) is 11.3 Å². The number of aromatic nitrogens is 2. The summed E-state index contributed by atoms with van der Waals surface area (Å²) in [4.78, 5) is 20.6. The highest BCUT2D eigenvalue weighted by Gasteiger charge is 2.12. The number of nitrogen functional groups attached to an aromatic ring is 1. The Morgan fingerprint density at radius 3 is 2.53 bits per heavy atom. The van der Waals surface area contributed by atoms with Gasteiger partial charge in [0.25, 0.3) is 5.91 Å². The molecule has 0 saturated heterocycles. The molecule has 0 fully saturated rings. The van der Waals surface area contributed by atoms with E-state index in [0.717, 1.165) is 11.4 Å². The molecule has 2 rings (SSSR count). The Kier molecular flexibility index (Phi) is 3.06. The van der Waals surface area contributed by atoms with E-state index in [0.29, 0.717) is 16.5 Å². The summed E-state index contributed by atoms with van der Waals surface area (Å²) in [5.74, 6) is 0.0304. The van der Waals surface area contributed by atoms with Crippen LogP contribution in [-0.4, -0.2) is 15.9 Å². The number of nitrogens with one attached hydrogen (secondary N) is 1. The number of aryl methyl sites for hydroxylation is 2. The number of thiophene rings is 1. The number of nitrogens with two attached hydrogens (primary N) is 1. The second kappa shape index (κ2) is 4.50. The summed E-state index contributed by atoms with van der Waals surface area (Å²) in [5, 5.41) is 4.41. The zero-order valence-electron chi connectivity index (χ0n) is 9.52. The zero-order valence-corrected chi connectivity index (χ0v) is 10.3. The molecular weight excluding hydrogens is 236 g/mol. The van der Waals surface area contributed by atoms with Crippen molar-refractivity contribution in [3.63, 3.8) is 0 Å². The van der Waals surface area contributed by atoms with E-state index in [4.69, 9.17) is 5.73 Å². The van der Waals surface area contributed by atoms with Crippen molar-refractivity contribution in [2.75, 3.05) is 11.1 Å². The van der Waals surface area contributed by atoms with Gasteiger partial charge in [-0.3, -0.25) is 10.1 Å². The number of anilines is 2. The van der Waals surface area contributed by atoms with Gasteiger partial charge in [-0.1, -0.05) is 0 Å². The van der Waals surface area contributed by atoms with Gasteiger partial charge in [0.05, 0.1) is 5.69 Å². The van der Waals surface area contributed by atoms with Crippen LogP contribution in [0.15, 0.2) is 17.5 Å². The Morgan fingerprint density at radius 2 is 2.00 bits per heavy atom. The Morgan fingerprint density at radius 1 is 1.35 bits per heavy atom. The lowest BCUT2D eigenvalue weighted by molar-refractivity contribution is 0.103. The predicted octanol–water partition coefficient (Wildman–Crippen LogP) is 1.99. The maximum atomic E-state index is 11.9. The monoisotopic (exact) mass is 248 g/mol. The molecule has 1 amide bonds. The highest BCUT2D eigenvalue weighted by molar-refractivity contribution is 7.12. The van der Waals surface area contributed by atoms with E-state index >= 15 is 0 Å². The van der Waals surface area contributed by atoms with Crippen LogP contribution in [0, 0.1) is 13.8 Å². The summed E-state index contributed by atoms with van der Waals surface area (Å²) in [6.45, 7) is 3.70. The van der Waals surface area contributed by atoms with Crippen LogP contribution >= 0.6 is 11.3 Å². The molecule has 0 aliphatic carbocycles. The SMILES string of the molecule is Cc1cc(C)nc(NC(=O)c2sccc2N)n1. The van der Waals surface area contributed by atoms with E-state index in [9.17, 15) is 4.79 Å². The number of carbonyl (C=O) groups is 1. The smallest absolute Gasteiger partial charge is 0.270 e. The van der Waals surface area contributed by atoms with Crippen LogP contribution in [0.5, 0.6) is 0 Å². The molecular formula is C11H12N4OS. The molecule has 2 aromatic rings. The van der Waals surface area contributed by atoms with Gasteiger partial charge >= 0.3 is 0 Å². The molecule has 2 heterocycles. The highest BCUT2D eigenvalue weighted by atomic mass is 32.1. The number of rotatable bonds is 2. The summed E-state index contributed by atoms with van der Waals surface area (Å²) in [6, 6.07) is 3.54. The van der Waals surface area contributed by atoms with Crippen LogP contribution in [0.25, 0.3) is 0 Å². The standard InChI is InChI=1S/C11H12N4OS/c1-6-5-7(2)14-11(13-6)15-10(16)9-8(12)3-4-17-9/h3-5H,12H2,1-2H3,(H,13,14,15,16). The van der Waals surface area contributed by atoms with Crippen molar-refractivity contribution in [2.24, 2.45) is 0 Å². The van der Waals surface area contributed by atoms with Gasteiger partial charge in [-0.2, -0.15) is 0 Å². The first kappa shape index (κ1) is 11.5. The molecule has 2 aromatic heterocycles. The molecule has 0 saturated carbocycles. The van der Waals surface area contributed by atoms with Crippen LogP contribution in [0.1, 0.15) is 21.1 Å². The Balaban J connectivity index is 2.21. The fourth-order valence-electron chi connectivity index (χ4n) is 1.44. The van der Waals surface area contributed by atoms with Gasteiger partial charge in [0.15, 0.2) is 0 Å². The molecule has 0 aliphatic rings. The maximum Gasteiger partial charge on any atom is 0.270 e. The van der Waals surface area contributed by atoms with E-state index in [1.54, 1.807) is 11.4 Å². The minimum Gasteiger partial charge on any atom is -0.397 e. The van der Waals surface area contributed by atoms with E-state index in [-0.39, 0.29) is 5.91 Å². The lowest BCUT2D eigenvalue weighted by Gasteiger charge is -2.04. The third-order valence-electron chi connectivity index (χ3n) is 2.11. The lowest BCUT2D eigenvalue weighted by Crippen LogP contribution is -2.14. The molecule has 0 aliphatic heterocycles. The molecule has 5 nitrogen and oxygen atoms in total. The summed E-state index contributed by atoms with van der Waals surface area (Å²) in [6.07, 6.45) is 0. The highest BCUT2D eigenvalue weighted by Crippen LogP contribution is 2.19. The van der Waals surface area contributed by atoms with Crippen molar-refractivity contribution >= 4 is 28.9 Å². The number of nitrogens with zero attached hydrogens (tertiary/aromatic N) is 2. The molecule has 0 atom stereocenters. The first-order chi connectivity index (χ1) is 8.06. The lowest BCUT2D eigenvalue weighted by atomic mass is 10.3. The summed E-state index contributed by atoms with van der Waals surface area (Å²) < 4.78 is 0. The van der Waals surface area contributed by atoms with Crippen molar-refractivity contribution in [1.29, 1.82) is 0 Å². The fourth-order valence-corrected chi connectivity index (χ4v) is 2.16. The topological polar surface area (TPSA) is 80.9 Å². The van der Waals surface area contributed by atoms with E-state index < -0.39 is 0 Å². The number of carbonyl (C=O) groups excluding carboxylic acids is 1. The number of hydrogen-bond acceptors (Lipinski definition) is 5. The van der Waals surface area contributed by atoms with E-state index in [1.807, 2.05) is 19.9 Å². The Hall–Kier alpha value is -1.95. The van der Waals surface area contributed by atoms with Gasteiger partial charge in [0, 0.05) is 11.4 Å². The van der Waals surface area contributed by atoms with Crippen molar-refractivity contribution in [1.82, 2.24) is 9.97 Å².